The first-order valence-electron chi connectivity index (χ1n) is 17.4. The predicted molar refractivity (Wildman–Crippen MR) is 209 cm³/mol. The van der Waals surface area contributed by atoms with Crippen LogP contribution < -0.4 is 24.4 Å². The molecule has 0 saturated carbocycles. The zero-order valence-electron chi connectivity index (χ0n) is 28.8. The van der Waals surface area contributed by atoms with Gasteiger partial charge in [0.25, 0.3) is 5.56 Å². The molecule has 0 bridgehead atoms. The molecular formula is C45H35N3O3S. The van der Waals surface area contributed by atoms with Crippen molar-refractivity contribution in [2.45, 2.75) is 18.9 Å². The molecule has 0 fully saturated rings. The Labute approximate surface area is 305 Å². The van der Waals surface area contributed by atoms with Crippen LogP contribution in [-0.4, -0.2) is 23.4 Å². The van der Waals surface area contributed by atoms with Gasteiger partial charge < -0.3 is 14.0 Å². The standard InChI is InChI=1S/C45H35N3O3S/c1-50-38-25-23-32(27-39(38)51-2)43-36-24-22-29-14-12-13-21-35(29)41(36)46-45-48(43)44(49)40(52-45)28-33-26-37(30-15-6-3-7-16-30)47(34-19-10-5-11-20-34)42(33)31-17-8-4-9-18-31/h3-21,23,25-28,43H,22,24H2,1-2H3/b40-28+/t43-/m1/s1. The Bertz CT molecular complexity index is 2670. The van der Waals surface area contributed by atoms with E-state index in [1.165, 1.54) is 16.9 Å². The average molecular weight is 698 g/mol. The number of benzene rings is 5. The van der Waals surface area contributed by atoms with Gasteiger partial charge in [-0.1, -0.05) is 121 Å². The fourth-order valence-electron chi connectivity index (χ4n) is 7.68. The van der Waals surface area contributed by atoms with E-state index >= 15 is 0 Å². The van der Waals surface area contributed by atoms with Crippen molar-refractivity contribution in [2.24, 2.45) is 4.99 Å². The number of hydrogen-bond acceptors (Lipinski definition) is 5. The number of aromatic nitrogens is 2. The molecule has 7 heteroatoms. The lowest BCUT2D eigenvalue weighted by Gasteiger charge is -2.31. The molecule has 0 unspecified atom stereocenters. The van der Waals surface area contributed by atoms with Crippen molar-refractivity contribution in [1.29, 1.82) is 0 Å². The number of methoxy groups -OCH3 is 2. The second-order valence-corrected chi connectivity index (χ2v) is 14.0. The second kappa shape index (κ2) is 13.2. The summed E-state index contributed by atoms with van der Waals surface area (Å²) in [5.74, 6) is 1.27. The summed E-state index contributed by atoms with van der Waals surface area (Å²) in [5, 5.41) is 0. The summed E-state index contributed by atoms with van der Waals surface area (Å²) in [6.45, 7) is 0. The van der Waals surface area contributed by atoms with E-state index in [0.717, 1.165) is 69.0 Å². The summed E-state index contributed by atoms with van der Waals surface area (Å²) >= 11 is 1.44. The molecule has 52 heavy (non-hydrogen) atoms. The lowest BCUT2D eigenvalue weighted by Crippen LogP contribution is -2.38. The molecule has 0 N–H and O–H groups in total. The van der Waals surface area contributed by atoms with Crippen LogP contribution >= 0.6 is 11.3 Å². The maximum atomic E-state index is 14.9. The van der Waals surface area contributed by atoms with E-state index in [2.05, 4.69) is 114 Å². The van der Waals surface area contributed by atoms with Crippen LogP contribution in [0.3, 0.4) is 0 Å². The van der Waals surface area contributed by atoms with Crippen molar-refractivity contribution < 1.29 is 9.47 Å². The highest BCUT2D eigenvalue weighted by molar-refractivity contribution is 7.07. The topological polar surface area (TPSA) is 57.8 Å². The molecular weight excluding hydrogens is 663 g/mol. The molecule has 1 atom stereocenters. The molecule has 6 nitrogen and oxygen atoms in total. The molecule has 9 rings (SSSR count). The van der Waals surface area contributed by atoms with Crippen LogP contribution in [0.25, 0.3) is 40.0 Å². The first-order chi connectivity index (χ1) is 25.6. The number of rotatable bonds is 7. The summed E-state index contributed by atoms with van der Waals surface area (Å²) in [5.41, 5.74) is 11.6. The van der Waals surface area contributed by atoms with Gasteiger partial charge in [0.15, 0.2) is 16.3 Å². The van der Waals surface area contributed by atoms with Crippen LogP contribution in [0.5, 0.6) is 11.5 Å². The molecule has 1 aliphatic heterocycles. The average Bonchev–Trinajstić information content (AvgIpc) is 3.74. The summed E-state index contributed by atoms with van der Waals surface area (Å²) in [6.07, 6.45) is 3.74. The maximum Gasteiger partial charge on any atom is 0.271 e. The van der Waals surface area contributed by atoms with Crippen LogP contribution in [0, 0.1) is 0 Å². The van der Waals surface area contributed by atoms with Gasteiger partial charge in [-0.15, -0.1) is 0 Å². The lowest BCUT2D eigenvalue weighted by atomic mass is 9.83. The number of aryl methyl sites for hydroxylation is 1. The van der Waals surface area contributed by atoms with Crippen LogP contribution in [-0.2, 0) is 6.42 Å². The predicted octanol–water partition coefficient (Wildman–Crippen LogP) is 8.46. The Kier molecular flexibility index (Phi) is 8.05. The summed E-state index contributed by atoms with van der Waals surface area (Å²) < 4.78 is 16.1. The van der Waals surface area contributed by atoms with E-state index in [4.69, 9.17) is 14.5 Å². The zero-order valence-corrected chi connectivity index (χ0v) is 29.6. The SMILES string of the molecule is COc1ccc([C@@H]2C3=C(N=c4s/c(=C/c5cc(-c6ccccc6)n(-c6ccccc6)c5-c5ccccc5)c(=O)n42)c2ccccc2CC3)cc1OC. The molecule has 2 aromatic heterocycles. The summed E-state index contributed by atoms with van der Waals surface area (Å²) in [6, 6.07) is 47.5. The van der Waals surface area contributed by atoms with Crippen molar-refractivity contribution in [3.05, 3.63) is 187 Å². The number of fused-ring (bicyclic) bond motifs is 3. The van der Waals surface area contributed by atoms with Crippen molar-refractivity contribution in [2.75, 3.05) is 14.2 Å². The van der Waals surface area contributed by atoms with Crippen molar-refractivity contribution in [1.82, 2.24) is 9.13 Å². The molecule has 0 spiro atoms. The van der Waals surface area contributed by atoms with Crippen molar-refractivity contribution in [3.8, 4) is 39.7 Å². The van der Waals surface area contributed by atoms with Crippen LogP contribution in [0.4, 0.5) is 0 Å². The minimum Gasteiger partial charge on any atom is -0.493 e. The molecule has 2 aliphatic rings. The van der Waals surface area contributed by atoms with Gasteiger partial charge in [-0.2, -0.15) is 0 Å². The first-order valence-corrected chi connectivity index (χ1v) is 18.2. The van der Waals surface area contributed by atoms with Crippen molar-refractivity contribution in [3.63, 3.8) is 0 Å². The molecule has 0 saturated heterocycles. The molecule has 0 radical (unpaired) electrons. The molecule has 254 valence electrons. The highest BCUT2D eigenvalue weighted by Crippen LogP contribution is 2.43. The van der Waals surface area contributed by atoms with E-state index in [0.29, 0.717) is 20.8 Å². The highest BCUT2D eigenvalue weighted by atomic mass is 32.1. The molecule has 3 heterocycles. The minimum absolute atomic E-state index is 0.0679. The van der Waals surface area contributed by atoms with Gasteiger partial charge in [0.2, 0.25) is 0 Å². The van der Waals surface area contributed by atoms with E-state index < -0.39 is 0 Å². The third-order valence-corrected chi connectivity index (χ3v) is 11.0. The van der Waals surface area contributed by atoms with E-state index in [1.54, 1.807) is 14.2 Å². The summed E-state index contributed by atoms with van der Waals surface area (Å²) in [4.78, 5) is 20.8. The van der Waals surface area contributed by atoms with E-state index in [-0.39, 0.29) is 11.6 Å². The monoisotopic (exact) mass is 697 g/mol. The van der Waals surface area contributed by atoms with E-state index in [9.17, 15) is 4.79 Å². The summed E-state index contributed by atoms with van der Waals surface area (Å²) in [7, 11) is 3.28. The Morgan fingerprint density at radius 2 is 1.40 bits per heavy atom. The largest absolute Gasteiger partial charge is 0.493 e. The number of hydrogen-bond donors (Lipinski definition) is 0. The van der Waals surface area contributed by atoms with Gasteiger partial charge in [0.1, 0.15) is 0 Å². The Morgan fingerprint density at radius 3 is 2.13 bits per heavy atom. The van der Waals surface area contributed by atoms with E-state index in [1.807, 2.05) is 41.0 Å². The van der Waals surface area contributed by atoms with Crippen LogP contribution in [0.2, 0.25) is 0 Å². The highest BCUT2D eigenvalue weighted by Gasteiger charge is 2.33. The van der Waals surface area contributed by atoms with Gasteiger partial charge in [0.05, 0.1) is 41.9 Å². The quantitative estimate of drug-likeness (QED) is 0.168. The third-order valence-electron chi connectivity index (χ3n) is 10.0. The molecule has 1 aliphatic carbocycles. The number of allylic oxidation sites excluding steroid dienone is 1. The van der Waals surface area contributed by atoms with Gasteiger partial charge in [-0.3, -0.25) is 9.36 Å². The van der Waals surface area contributed by atoms with Gasteiger partial charge in [-0.25, -0.2) is 4.99 Å². The Balaban J connectivity index is 1.32. The molecule has 0 amide bonds. The number of ether oxygens (including phenoxy) is 2. The second-order valence-electron chi connectivity index (χ2n) is 13.0. The Hall–Kier alpha value is -6.18. The lowest BCUT2D eigenvalue weighted by molar-refractivity contribution is 0.354. The first kappa shape index (κ1) is 31.8. The minimum atomic E-state index is -0.344. The van der Waals surface area contributed by atoms with Crippen molar-refractivity contribution >= 4 is 23.1 Å². The van der Waals surface area contributed by atoms with Gasteiger partial charge in [0, 0.05) is 16.8 Å². The fourth-order valence-corrected chi connectivity index (χ4v) is 8.68. The number of thiazole rings is 1. The molecule has 7 aromatic rings. The number of nitrogens with zero attached hydrogens (tertiary/aromatic N) is 3. The fraction of sp³-hybridized carbons (Fsp3) is 0.111. The van der Waals surface area contributed by atoms with Gasteiger partial charge >= 0.3 is 0 Å². The maximum absolute atomic E-state index is 14.9. The van der Waals surface area contributed by atoms with Gasteiger partial charge in [-0.05, 0) is 77.1 Å². The van der Waals surface area contributed by atoms with Crippen LogP contribution in [0.15, 0.2) is 155 Å². The zero-order chi connectivity index (χ0) is 35.2. The Morgan fingerprint density at radius 1 is 0.731 bits per heavy atom. The molecule has 5 aromatic carbocycles. The normalized spacial score (nSPS) is 15.0. The van der Waals surface area contributed by atoms with Crippen LogP contribution in [0.1, 0.15) is 34.7 Å². The number of para-hydroxylation sites is 1. The third kappa shape index (κ3) is 5.33. The smallest absolute Gasteiger partial charge is 0.271 e.